The van der Waals surface area contributed by atoms with Crippen LogP contribution in [0.5, 0.6) is 0 Å². The third kappa shape index (κ3) is 3.97. The number of para-hydroxylation sites is 1. The van der Waals surface area contributed by atoms with Gasteiger partial charge >= 0.3 is 0 Å². The molecule has 1 amide bonds. The van der Waals surface area contributed by atoms with Crippen LogP contribution in [0, 0.1) is 0 Å². The van der Waals surface area contributed by atoms with Gasteiger partial charge in [-0.05, 0) is 31.4 Å². The third-order valence-corrected chi connectivity index (χ3v) is 5.56. The van der Waals surface area contributed by atoms with Gasteiger partial charge in [0, 0.05) is 13.1 Å². The summed E-state index contributed by atoms with van der Waals surface area (Å²) in [7, 11) is -3.30. The lowest BCUT2D eigenvalue weighted by Crippen LogP contribution is -2.33. The van der Waals surface area contributed by atoms with Crippen molar-refractivity contribution in [2.24, 2.45) is 0 Å². The molecule has 6 heteroatoms. The minimum Gasteiger partial charge on any atom is -0.375 e. The Morgan fingerprint density at radius 2 is 1.90 bits per heavy atom. The number of anilines is 1. The molecule has 21 heavy (non-hydrogen) atoms. The maximum Gasteiger partial charge on any atom is 0.241 e. The van der Waals surface area contributed by atoms with Crippen LogP contribution >= 0.6 is 0 Å². The van der Waals surface area contributed by atoms with Gasteiger partial charge in [-0.2, -0.15) is 0 Å². The third-order valence-electron chi connectivity index (χ3n) is 3.58. The van der Waals surface area contributed by atoms with Crippen molar-refractivity contribution < 1.29 is 13.2 Å². The normalized spacial score (nSPS) is 15.2. The molecule has 2 rings (SSSR count). The number of amides is 1. The molecule has 0 aliphatic carbocycles. The highest BCUT2D eigenvalue weighted by atomic mass is 32.2. The van der Waals surface area contributed by atoms with Gasteiger partial charge in [0.2, 0.25) is 5.91 Å². The molecule has 1 N–H and O–H groups in total. The van der Waals surface area contributed by atoms with Crippen molar-refractivity contribution in [2.45, 2.75) is 31.1 Å². The van der Waals surface area contributed by atoms with Crippen molar-refractivity contribution in [3.8, 4) is 0 Å². The molecule has 1 heterocycles. The van der Waals surface area contributed by atoms with Crippen molar-refractivity contribution in [3.05, 3.63) is 24.3 Å². The Morgan fingerprint density at radius 1 is 1.24 bits per heavy atom. The van der Waals surface area contributed by atoms with Gasteiger partial charge in [-0.25, -0.2) is 8.42 Å². The largest absolute Gasteiger partial charge is 0.375 e. The van der Waals surface area contributed by atoms with E-state index in [-0.39, 0.29) is 23.1 Å². The zero-order valence-electron chi connectivity index (χ0n) is 12.3. The molecule has 0 spiro atoms. The smallest absolute Gasteiger partial charge is 0.241 e. The van der Waals surface area contributed by atoms with Gasteiger partial charge in [-0.3, -0.25) is 4.79 Å². The monoisotopic (exact) mass is 310 g/mol. The predicted octanol–water partition coefficient (Wildman–Crippen LogP) is 1.90. The molecule has 0 aromatic heterocycles. The number of carbonyl (C=O) groups excluding carboxylic acids is 1. The van der Waals surface area contributed by atoms with E-state index in [0.29, 0.717) is 12.1 Å². The first kappa shape index (κ1) is 15.8. The molecule has 1 aliphatic rings. The van der Waals surface area contributed by atoms with Crippen molar-refractivity contribution in [1.29, 1.82) is 0 Å². The lowest BCUT2D eigenvalue weighted by Gasteiger charge is -2.17. The summed E-state index contributed by atoms with van der Waals surface area (Å²) < 4.78 is 24.4. The van der Waals surface area contributed by atoms with Crippen LogP contribution in [0.3, 0.4) is 0 Å². The Bertz CT molecular complexity index is 593. The topological polar surface area (TPSA) is 66.5 Å². The summed E-state index contributed by atoms with van der Waals surface area (Å²) >= 11 is 0. The fourth-order valence-corrected chi connectivity index (χ4v) is 4.03. The number of nitrogens with one attached hydrogen (secondary N) is 1. The number of sulfone groups is 1. The second-order valence-corrected chi connectivity index (χ2v) is 7.33. The van der Waals surface area contributed by atoms with Gasteiger partial charge < -0.3 is 10.2 Å². The summed E-state index contributed by atoms with van der Waals surface area (Å²) in [5, 5.41) is 2.98. The van der Waals surface area contributed by atoms with Gasteiger partial charge in [0.25, 0.3) is 0 Å². The molecule has 1 aromatic rings. The zero-order valence-corrected chi connectivity index (χ0v) is 13.2. The first-order valence-electron chi connectivity index (χ1n) is 7.38. The van der Waals surface area contributed by atoms with Crippen LogP contribution < -0.4 is 5.32 Å². The molecule has 1 aliphatic heterocycles. The molecular weight excluding hydrogens is 288 g/mol. The van der Waals surface area contributed by atoms with E-state index in [1.165, 1.54) is 0 Å². The van der Waals surface area contributed by atoms with E-state index in [0.717, 1.165) is 25.9 Å². The number of hydrogen-bond acceptors (Lipinski definition) is 4. The quantitative estimate of drug-likeness (QED) is 0.871. The van der Waals surface area contributed by atoms with Gasteiger partial charge in [-0.15, -0.1) is 0 Å². The van der Waals surface area contributed by atoms with Crippen molar-refractivity contribution in [1.82, 2.24) is 4.90 Å². The molecule has 5 nitrogen and oxygen atoms in total. The molecular formula is C15H22N2O3S. The van der Waals surface area contributed by atoms with Crippen LogP contribution in [0.15, 0.2) is 29.2 Å². The van der Waals surface area contributed by atoms with Crippen LogP contribution in [0.25, 0.3) is 0 Å². The fourth-order valence-electron chi connectivity index (χ4n) is 2.51. The summed E-state index contributed by atoms with van der Waals surface area (Å²) in [5.41, 5.74) is 0.512. The average Bonchev–Trinajstić information content (AvgIpc) is 2.99. The Hall–Kier alpha value is -1.56. The van der Waals surface area contributed by atoms with E-state index in [1.54, 1.807) is 24.3 Å². The number of likely N-dealkylation sites (tertiary alicyclic amines) is 1. The Labute approximate surface area is 126 Å². The van der Waals surface area contributed by atoms with Crippen LogP contribution in [0.4, 0.5) is 5.69 Å². The lowest BCUT2D eigenvalue weighted by molar-refractivity contribution is -0.128. The first-order valence-corrected chi connectivity index (χ1v) is 9.03. The highest BCUT2D eigenvalue weighted by molar-refractivity contribution is 7.91. The van der Waals surface area contributed by atoms with E-state index < -0.39 is 9.84 Å². The summed E-state index contributed by atoms with van der Waals surface area (Å²) in [5.74, 6) is 0.140. The fraction of sp³-hybridized carbons (Fsp3) is 0.533. The second-order valence-electron chi connectivity index (χ2n) is 5.26. The lowest BCUT2D eigenvalue weighted by atomic mass is 10.3. The van der Waals surface area contributed by atoms with Crippen molar-refractivity contribution in [2.75, 3.05) is 30.7 Å². The average molecular weight is 310 g/mol. The molecule has 0 atom stereocenters. The van der Waals surface area contributed by atoms with Gasteiger partial charge in [0.15, 0.2) is 9.84 Å². The number of hydrogen-bond donors (Lipinski definition) is 1. The number of nitrogens with zero attached hydrogens (tertiary/aromatic N) is 1. The molecule has 0 unspecified atom stereocenters. The predicted molar refractivity (Wildman–Crippen MR) is 83.1 cm³/mol. The van der Waals surface area contributed by atoms with E-state index in [9.17, 15) is 13.2 Å². The standard InChI is InChI=1S/C15H22N2O3S/c1-2-11-21(19,20)14-8-4-3-7-13(14)16-12-15(18)17-9-5-6-10-17/h3-4,7-8,16H,2,5-6,9-12H2,1H3. The highest BCUT2D eigenvalue weighted by Gasteiger charge is 2.20. The number of rotatable bonds is 6. The van der Waals surface area contributed by atoms with Gasteiger partial charge in [-0.1, -0.05) is 19.1 Å². The van der Waals surface area contributed by atoms with Gasteiger partial charge in [0.1, 0.15) is 0 Å². The second kappa shape index (κ2) is 6.93. The minimum atomic E-state index is -3.30. The molecule has 1 saturated heterocycles. The van der Waals surface area contributed by atoms with Crippen LogP contribution in [-0.4, -0.2) is 44.6 Å². The molecule has 0 saturated carbocycles. The summed E-state index contributed by atoms with van der Waals surface area (Å²) in [6.07, 6.45) is 2.67. The molecule has 1 aromatic carbocycles. The van der Waals surface area contributed by atoms with Crippen molar-refractivity contribution in [3.63, 3.8) is 0 Å². The number of carbonyl (C=O) groups is 1. The Morgan fingerprint density at radius 3 is 2.57 bits per heavy atom. The summed E-state index contributed by atoms with van der Waals surface area (Å²) in [6, 6.07) is 6.77. The SMILES string of the molecule is CCCS(=O)(=O)c1ccccc1NCC(=O)N1CCCC1. The van der Waals surface area contributed by atoms with E-state index in [1.807, 2.05) is 11.8 Å². The highest BCUT2D eigenvalue weighted by Crippen LogP contribution is 2.22. The van der Waals surface area contributed by atoms with E-state index in [2.05, 4.69) is 5.32 Å². The van der Waals surface area contributed by atoms with Crippen LogP contribution in [-0.2, 0) is 14.6 Å². The maximum absolute atomic E-state index is 12.2. The zero-order chi connectivity index (χ0) is 15.3. The molecule has 0 bridgehead atoms. The van der Waals surface area contributed by atoms with Gasteiger partial charge in [0.05, 0.1) is 22.9 Å². The summed E-state index contributed by atoms with van der Waals surface area (Å²) in [6.45, 7) is 3.58. The van der Waals surface area contributed by atoms with E-state index >= 15 is 0 Å². The first-order chi connectivity index (χ1) is 10.0. The van der Waals surface area contributed by atoms with Crippen LogP contribution in [0.1, 0.15) is 26.2 Å². The molecule has 1 fully saturated rings. The molecule has 0 radical (unpaired) electrons. The Balaban J connectivity index is 2.08. The number of benzene rings is 1. The maximum atomic E-state index is 12.2. The Kier molecular flexibility index (Phi) is 5.22. The van der Waals surface area contributed by atoms with E-state index in [4.69, 9.17) is 0 Å². The van der Waals surface area contributed by atoms with Crippen molar-refractivity contribution >= 4 is 21.4 Å². The minimum absolute atomic E-state index is 0.0233. The summed E-state index contributed by atoms with van der Waals surface area (Å²) in [4.78, 5) is 14.1. The molecule has 116 valence electrons. The van der Waals surface area contributed by atoms with Crippen LogP contribution in [0.2, 0.25) is 0 Å².